The smallest absolute Gasteiger partial charge is 0.255 e. The molecule has 0 saturated heterocycles. The van der Waals surface area contributed by atoms with Crippen molar-refractivity contribution >= 4 is 11.8 Å². The molecule has 0 aromatic heterocycles. The Hall–Kier alpha value is -2.82. The van der Waals surface area contributed by atoms with E-state index >= 15 is 0 Å². The molecule has 146 valence electrons. The number of carbonyl (C=O) groups is 2. The number of methoxy groups -OCH3 is 1. The molecule has 0 unspecified atom stereocenters. The summed E-state index contributed by atoms with van der Waals surface area (Å²) in [4.78, 5) is 28.3. The van der Waals surface area contributed by atoms with Gasteiger partial charge in [0.15, 0.2) is 0 Å². The van der Waals surface area contributed by atoms with Gasteiger partial charge in [-0.1, -0.05) is 36.4 Å². The number of carbonyl (C=O) groups excluding carboxylic acids is 2. The molecule has 2 aromatic rings. The second-order valence-corrected chi connectivity index (χ2v) is 7.96. The van der Waals surface area contributed by atoms with Crippen molar-refractivity contribution in [2.45, 2.75) is 38.3 Å². The average molecular weight is 378 g/mol. The van der Waals surface area contributed by atoms with Gasteiger partial charge in [0.05, 0.1) is 7.11 Å². The fourth-order valence-electron chi connectivity index (χ4n) is 3.98. The Bertz CT molecular complexity index is 906. The summed E-state index contributed by atoms with van der Waals surface area (Å²) in [5, 5.41) is 3.05. The van der Waals surface area contributed by atoms with Gasteiger partial charge in [-0.05, 0) is 43.4 Å². The van der Waals surface area contributed by atoms with E-state index in [1.54, 1.807) is 12.0 Å². The summed E-state index contributed by atoms with van der Waals surface area (Å²) in [7, 11) is 1.62. The average Bonchev–Trinajstić information content (AvgIpc) is 3.53. The van der Waals surface area contributed by atoms with Gasteiger partial charge in [0, 0.05) is 30.6 Å². The van der Waals surface area contributed by atoms with Gasteiger partial charge >= 0.3 is 0 Å². The van der Waals surface area contributed by atoms with Crippen LogP contribution >= 0.6 is 0 Å². The molecule has 1 aliphatic heterocycles. The molecule has 1 atom stereocenters. The third-order valence-electron chi connectivity index (χ3n) is 5.88. The first kappa shape index (κ1) is 18.5. The zero-order chi connectivity index (χ0) is 19.7. The highest BCUT2D eigenvalue weighted by molar-refractivity contribution is 6.02. The van der Waals surface area contributed by atoms with Crippen LogP contribution in [0.1, 0.15) is 41.3 Å². The van der Waals surface area contributed by atoms with Crippen molar-refractivity contribution < 1.29 is 14.3 Å². The number of nitrogens with one attached hydrogen (secondary N) is 1. The zero-order valence-corrected chi connectivity index (χ0v) is 16.4. The van der Waals surface area contributed by atoms with Crippen LogP contribution in [0.4, 0.5) is 0 Å². The first-order valence-electron chi connectivity index (χ1n) is 9.83. The van der Waals surface area contributed by atoms with Crippen molar-refractivity contribution in [2.75, 3.05) is 13.7 Å². The Labute approximate surface area is 165 Å². The molecule has 1 saturated carbocycles. The minimum Gasteiger partial charge on any atom is -0.496 e. The van der Waals surface area contributed by atoms with Crippen LogP contribution in [0.15, 0.2) is 48.5 Å². The first-order valence-corrected chi connectivity index (χ1v) is 9.83. The van der Waals surface area contributed by atoms with Crippen molar-refractivity contribution in [2.24, 2.45) is 5.92 Å². The van der Waals surface area contributed by atoms with Crippen molar-refractivity contribution in [1.29, 1.82) is 0 Å². The summed E-state index contributed by atoms with van der Waals surface area (Å²) in [5.74, 6) is 1.09. The Balaban J connectivity index is 1.59. The summed E-state index contributed by atoms with van der Waals surface area (Å²) in [5.41, 5.74) is 1.68. The number of benzene rings is 2. The maximum absolute atomic E-state index is 13.3. The van der Waals surface area contributed by atoms with Crippen molar-refractivity contribution in [3.8, 4) is 5.75 Å². The van der Waals surface area contributed by atoms with Crippen LogP contribution in [-0.4, -0.2) is 35.9 Å². The van der Waals surface area contributed by atoms with Crippen LogP contribution in [-0.2, 0) is 17.8 Å². The molecule has 1 fully saturated rings. The van der Waals surface area contributed by atoms with E-state index < -0.39 is 5.54 Å². The van der Waals surface area contributed by atoms with Gasteiger partial charge in [0.25, 0.3) is 5.91 Å². The van der Waals surface area contributed by atoms with E-state index in [1.807, 2.05) is 55.5 Å². The largest absolute Gasteiger partial charge is 0.496 e. The van der Waals surface area contributed by atoms with E-state index in [-0.39, 0.29) is 11.8 Å². The van der Waals surface area contributed by atoms with Crippen molar-refractivity contribution in [3.63, 3.8) is 0 Å². The summed E-state index contributed by atoms with van der Waals surface area (Å²) >= 11 is 0. The number of ether oxygens (including phenoxy) is 1. The third-order valence-corrected chi connectivity index (χ3v) is 5.88. The predicted molar refractivity (Wildman–Crippen MR) is 107 cm³/mol. The maximum Gasteiger partial charge on any atom is 0.255 e. The van der Waals surface area contributed by atoms with Gasteiger partial charge < -0.3 is 15.0 Å². The quantitative estimate of drug-likeness (QED) is 0.840. The normalized spacial score (nSPS) is 21.2. The number of fused-ring (bicyclic) bond motifs is 1. The molecule has 2 aliphatic rings. The van der Waals surface area contributed by atoms with E-state index in [2.05, 4.69) is 5.32 Å². The molecule has 28 heavy (non-hydrogen) atoms. The number of hydrogen-bond donors (Lipinski definition) is 1. The molecule has 2 aromatic carbocycles. The molecule has 0 bridgehead atoms. The fraction of sp³-hybridized carbons (Fsp3) is 0.391. The number of hydrogen-bond acceptors (Lipinski definition) is 3. The summed E-state index contributed by atoms with van der Waals surface area (Å²) in [6.45, 7) is 2.90. The SMILES string of the molecule is COc1ccccc1CNC(=O)[C@@]1(C)Cc2ccccc2C(=O)N1CC1CC1. The van der Waals surface area contributed by atoms with Crippen molar-refractivity contribution in [1.82, 2.24) is 10.2 Å². The minimum atomic E-state index is -0.893. The van der Waals surface area contributed by atoms with Crippen LogP contribution in [0.25, 0.3) is 0 Å². The summed E-state index contributed by atoms with van der Waals surface area (Å²) in [6, 6.07) is 15.3. The highest BCUT2D eigenvalue weighted by atomic mass is 16.5. The topological polar surface area (TPSA) is 58.6 Å². The lowest BCUT2D eigenvalue weighted by atomic mass is 9.82. The number of rotatable bonds is 6. The van der Waals surface area contributed by atoms with Gasteiger partial charge in [0.2, 0.25) is 5.91 Å². The van der Waals surface area contributed by atoms with Gasteiger partial charge in [-0.3, -0.25) is 9.59 Å². The molecule has 1 aliphatic carbocycles. The highest BCUT2D eigenvalue weighted by Crippen LogP contribution is 2.37. The molecular weight excluding hydrogens is 352 g/mol. The van der Waals surface area contributed by atoms with Crippen LogP contribution in [0.3, 0.4) is 0 Å². The molecule has 4 rings (SSSR count). The Morgan fingerprint density at radius 2 is 1.89 bits per heavy atom. The van der Waals surface area contributed by atoms with Gasteiger partial charge in [0.1, 0.15) is 11.3 Å². The van der Waals surface area contributed by atoms with E-state index in [0.29, 0.717) is 25.4 Å². The fourth-order valence-corrected chi connectivity index (χ4v) is 3.98. The number of para-hydroxylation sites is 1. The lowest BCUT2D eigenvalue weighted by molar-refractivity contribution is -0.132. The second kappa shape index (κ2) is 7.30. The zero-order valence-electron chi connectivity index (χ0n) is 16.4. The van der Waals surface area contributed by atoms with Gasteiger partial charge in [-0.2, -0.15) is 0 Å². The minimum absolute atomic E-state index is 0.0382. The monoisotopic (exact) mass is 378 g/mol. The lowest BCUT2D eigenvalue weighted by Crippen LogP contribution is -2.62. The molecule has 5 heteroatoms. The third kappa shape index (κ3) is 3.37. The van der Waals surface area contributed by atoms with E-state index in [1.165, 1.54) is 0 Å². The number of nitrogens with zero attached hydrogens (tertiary/aromatic N) is 1. The van der Waals surface area contributed by atoms with Crippen LogP contribution in [0, 0.1) is 5.92 Å². The maximum atomic E-state index is 13.3. The van der Waals surface area contributed by atoms with Gasteiger partial charge in [-0.15, -0.1) is 0 Å². The van der Waals surface area contributed by atoms with Crippen molar-refractivity contribution in [3.05, 3.63) is 65.2 Å². The standard InChI is InChI=1S/C23H26N2O3/c1-23(22(27)24-14-18-8-4-6-10-20(18)28-2)13-17-7-3-5-9-19(17)21(26)25(23)15-16-11-12-16/h3-10,16H,11-15H2,1-2H3,(H,24,27)/t23-/m1/s1. The molecule has 0 radical (unpaired) electrons. The lowest BCUT2D eigenvalue weighted by Gasteiger charge is -2.44. The Morgan fingerprint density at radius 3 is 2.64 bits per heavy atom. The van der Waals surface area contributed by atoms with Crippen LogP contribution in [0.5, 0.6) is 5.75 Å². The second-order valence-electron chi connectivity index (χ2n) is 7.96. The molecular formula is C23H26N2O3. The summed E-state index contributed by atoms with van der Waals surface area (Å²) < 4.78 is 5.38. The number of amides is 2. The van der Waals surface area contributed by atoms with E-state index in [0.717, 1.165) is 35.3 Å². The highest BCUT2D eigenvalue weighted by Gasteiger charge is 2.48. The molecule has 0 spiro atoms. The van der Waals surface area contributed by atoms with Crippen LogP contribution in [0.2, 0.25) is 0 Å². The van der Waals surface area contributed by atoms with E-state index in [4.69, 9.17) is 4.74 Å². The molecule has 5 nitrogen and oxygen atoms in total. The van der Waals surface area contributed by atoms with E-state index in [9.17, 15) is 9.59 Å². The first-order chi connectivity index (χ1) is 13.5. The molecule has 1 N–H and O–H groups in total. The Kier molecular flexibility index (Phi) is 4.84. The van der Waals surface area contributed by atoms with Gasteiger partial charge in [-0.25, -0.2) is 0 Å². The predicted octanol–water partition coefficient (Wildman–Crippen LogP) is 3.18. The van der Waals surface area contributed by atoms with Crippen LogP contribution < -0.4 is 10.1 Å². The molecule has 1 heterocycles. The Morgan fingerprint density at radius 1 is 1.18 bits per heavy atom. The molecule has 2 amide bonds. The summed E-state index contributed by atoms with van der Waals surface area (Å²) in [6.07, 6.45) is 2.79.